The molecule has 1 aliphatic rings. The summed E-state index contributed by atoms with van der Waals surface area (Å²) < 4.78 is 29.0. The van der Waals surface area contributed by atoms with E-state index in [-0.39, 0.29) is 23.4 Å². The molecule has 0 saturated heterocycles. The van der Waals surface area contributed by atoms with E-state index >= 15 is 0 Å². The van der Waals surface area contributed by atoms with Gasteiger partial charge >= 0.3 is 0 Å². The summed E-state index contributed by atoms with van der Waals surface area (Å²) >= 11 is 6.03. The van der Waals surface area contributed by atoms with Crippen LogP contribution in [0.25, 0.3) is 0 Å². The van der Waals surface area contributed by atoms with Crippen LogP contribution in [0, 0.1) is 13.8 Å². The number of benzene rings is 3. The Labute approximate surface area is 248 Å². The minimum absolute atomic E-state index is 0.0207. The number of nitrogens with one attached hydrogen (secondary N) is 1. The zero-order valence-corrected chi connectivity index (χ0v) is 25.4. The van der Waals surface area contributed by atoms with Crippen LogP contribution in [0.3, 0.4) is 0 Å². The zero-order valence-electron chi connectivity index (χ0n) is 23.8. The number of hydrogen-bond acceptors (Lipinski definition) is 4. The third kappa shape index (κ3) is 7.68. The lowest BCUT2D eigenvalue weighted by atomic mass is 10.1. The molecule has 2 amide bonds. The van der Waals surface area contributed by atoms with Crippen molar-refractivity contribution in [1.29, 1.82) is 0 Å². The maximum Gasteiger partial charge on any atom is 0.264 e. The third-order valence-corrected chi connectivity index (χ3v) is 9.57. The lowest BCUT2D eigenvalue weighted by Crippen LogP contribution is -2.53. The molecular formula is C32H38ClN3O4S. The Morgan fingerprint density at radius 3 is 2.22 bits per heavy atom. The Balaban J connectivity index is 1.71. The molecule has 1 saturated carbocycles. The fourth-order valence-electron chi connectivity index (χ4n) is 5.22. The zero-order chi connectivity index (χ0) is 29.6. The van der Waals surface area contributed by atoms with Crippen LogP contribution in [0.1, 0.15) is 55.7 Å². The van der Waals surface area contributed by atoms with Crippen molar-refractivity contribution in [3.05, 3.63) is 94.5 Å². The Morgan fingerprint density at radius 1 is 0.951 bits per heavy atom. The topological polar surface area (TPSA) is 86.8 Å². The van der Waals surface area contributed by atoms with Gasteiger partial charge < -0.3 is 10.2 Å². The van der Waals surface area contributed by atoms with Crippen LogP contribution in [0.2, 0.25) is 5.02 Å². The quantitative estimate of drug-likeness (QED) is 0.294. The molecule has 0 aromatic heterocycles. The van der Waals surface area contributed by atoms with Crippen molar-refractivity contribution in [3.8, 4) is 0 Å². The predicted octanol–water partition coefficient (Wildman–Crippen LogP) is 6.02. The molecule has 1 N–H and O–H groups in total. The number of aryl methyl sites for hydroxylation is 2. The molecule has 0 unspecified atom stereocenters. The maximum absolute atomic E-state index is 14.2. The van der Waals surface area contributed by atoms with Gasteiger partial charge in [0, 0.05) is 17.6 Å². The van der Waals surface area contributed by atoms with Crippen molar-refractivity contribution in [3.63, 3.8) is 0 Å². The van der Waals surface area contributed by atoms with Gasteiger partial charge in [-0.15, -0.1) is 0 Å². The summed E-state index contributed by atoms with van der Waals surface area (Å²) in [5.41, 5.74) is 3.16. The van der Waals surface area contributed by atoms with Crippen LogP contribution >= 0.6 is 11.6 Å². The van der Waals surface area contributed by atoms with Crippen LogP contribution in [0.15, 0.2) is 77.7 Å². The lowest BCUT2D eigenvalue weighted by molar-refractivity contribution is -0.140. The van der Waals surface area contributed by atoms with Gasteiger partial charge in [0.1, 0.15) is 12.6 Å². The van der Waals surface area contributed by atoms with Gasteiger partial charge in [-0.25, -0.2) is 8.42 Å². The highest BCUT2D eigenvalue weighted by Gasteiger charge is 2.34. The number of hydrogen-bond donors (Lipinski definition) is 1. The molecule has 3 aromatic carbocycles. The second-order valence-corrected chi connectivity index (χ2v) is 13.0. The van der Waals surface area contributed by atoms with E-state index < -0.39 is 28.5 Å². The van der Waals surface area contributed by atoms with Crippen LogP contribution < -0.4 is 9.62 Å². The van der Waals surface area contributed by atoms with E-state index in [1.165, 1.54) is 29.2 Å². The van der Waals surface area contributed by atoms with Crippen molar-refractivity contribution in [2.24, 2.45) is 0 Å². The van der Waals surface area contributed by atoms with Crippen molar-refractivity contribution in [1.82, 2.24) is 10.2 Å². The van der Waals surface area contributed by atoms with E-state index in [1.54, 1.807) is 18.2 Å². The first-order valence-corrected chi connectivity index (χ1v) is 15.9. The molecule has 1 atom stereocenters. The van der Waals surface area contributed by atoms with Crippen LogP contribution in [0.5, 0.6) is 0 Å². The van der Waals surface area contributed by atoms with Crippen molar-refractivity contribution < 1.29 is 18.0 Å². The molecule has 3 aromatic rings. The summed E-state index contributed by atoms with van der Waals surface area (Å²) in [5.74, 6) is -0.666. The van der Waals surface area contributed by atoms with E-state index in [1.807, 2.05) is 51.1 Å². The molecule has 4 rings (SSSR count). The number of halogens is 1. The van der Waals surface area contributed by atoms with E-state index in [4.69, 9.17) is 11.6 Å². The summed E-state index contributed by atoms with van der Waals surface area (Å²) in [6, 6.07) is 20.0. The monoisotopic (exact) mass is 595 g/mol. The number of nitrogens with zero attached hydrogens (tertiary/aromatic N) is 2. The van der Waals surface area contributed by atoms with Gasteiger partial charge in [-0.1, -0.05) is 73.3 Å². The fraction of sp³-hybridized carbons (Fsp3) is 0.375. The first-order valence-electron chi connectivity index (χ1n) is 14.1. The Morgan fingerprint density at radius 2 is 1.61 bits per heavy atom. The number of carbonyl (C=O) groups excluding carboxylic acids is 2. The van der Waals surface area contributed by atoms with Gasteiger partial charge in [-0.2, -0.15) is 0 Å². The highest BCUT2D eigenvalue weighted by molar-refractivity contribution is 7.92. The van der Waals surface area contributed by atoms with Crippen molar-refractivity contribution in [2.45, 2.75) is 76.4 Å². The highest BCUT2D eigenvalue weighted by Crippen LogP contribution is 2.27. The van der Waals surface area contributed by atoms with Gasteiger partial charge in [-0.3, -0.25) is 13.9 Å². The van der Waals surface area contributed by atoms with E-state index in [0.29, 0.717) is 17.1 Å². The number of rotatable bonds is 11. The average molecular weight is 596 g/mol. The number of carbonyl (C=O) groups is 2. The normalized spacial score (nSPS) is 14.4. The van der Waals surface area contributed by atoms with Crippen LogP contribution in [-0.2, 0) is 26.2 Å². The molecular weight excluding hydrogens is 558 g/mol. The standard InChI is InChI=1S/C32H38ClN3O4S/c1-4-30(32(38)34-27-9-5-6-10-27)35(21-25-14-12-23(2)13-15-25)31(37)22-36(28-11-7-8-24(3)20-28)41(39,40)29-18-16-26(33)17-19-29/h7-8,11-20,27,30H,4-6,9-10,21-22H2,1-3H3,(H,34,38)/t30-/m1/s1. The van der Waals surface area contributed by atoms with Crippen molar-refractivity contribution >= 4 is 39.1 Å². The van der Waals surface area contributed by atoms with Gasteiger partial charge in [0.15, 0.2) is 0 Å². The summed E-state index contributed by atoms with van der Waals surface area (Å²) in [4.78, 5) is 29.2. The average Bonchev–Trinajstić information content (AvgIpc) is 3.45. The Bertz CT molecular complexity index is 1450. The second-order valence-electron chi connectivity index (χ2n) is 10.7. The molecule has 1 aliphatic carbocycles. The van der Waals surface area contributed by atoms with Gasteiger partial charge in [0.2, 0.25) is 11.8 Å². The molecule has 0 heterocycles. The maximum atomic E-state index is 14.2. The molecule has 9 heteroatoms. The lowest BCUT2D eigenvalue weighted by Gasteiger charge is -2.34. The Hall–Kier alpha value is -3.36. The van der Waals surface area contributed by atoms with E-state index in [0.717, 1.165) is 46.7 Å². The molecule has 0 bridgehead atoms. The first-order chi connectivity index (χ1) is 19.6. The molecule has 218 valence electrons. The number of sulfonamides is 1. The van der Waals surface area contributed by atoms with E-state index in [9.17, 15) is 18.0 Å². The minimum atomic E-state index is -4.14. The van der Waals surface area contributed by atoms with Crippen LogP contribution in [0.4, 0.5) is 5.69 Å². The highest BCUT2D eigenvalue weighted by atomic mass is 35.5. The predicted molar refractivity (Wildman–Crippen MR) is 163 cm³/mol. The summed E-state index contributed by atoms with van der Waals surface area (Å²) in [5, 5.41) is 3.54. The SMILES string of the molecule is CC[C@H](C(=O)NC1CCCC1)N(Cc1ccc(C)cc1)C(=O)CN(c1cccc(C)c1)S(=O)(=O)c1ccc(Cl)cc1. The summed E-state index contributed by atoms with van der Waals surface area (Å²) in [6.45, 7) is 5.43. The smallest absolute Gasteiger partial charge is 0.264 e. The van der Waals surface area contributed by atoms with Crippen LogP contribution in [-0.4, -0.2) is 43.8 Å². The second kappa shape index (κ2) is 13.5. The molecule has 7 nitrogen and oxygen atoms in total. The summed E-state index contributed by atoms with van der Waals surface area (Å²) in [6.07, 6.45) is 4.39. The fourth-order valence-corrected chi connectivity index (χ4v) is 6.75. The number of anilines is 1. The number of amides is 2. The van der Waals surface area contributed by atoms with E-state index in [2.05, 4.69) is 5.32 Å². The molecule has 0 spiro atoms. The molecule has 41 heavy (non-hydrogen) atoms. The summed E-state index contributed by atoms with van der Waals surface area (Å²) in [7, 11) is -4.14. The molecule has 0 aliphatic heterocycles. The molecule has 1 fully saturated rings. The van der Waals surface area contributed by atoms with Gasteiger partial charge in [0.05, 0.1) is 10.6 Å². The van der Waals surface area contributed by atoms with Gasteiger partial charge in [0.25, 0.3) is 10.0 Å². The van der Waals surface area contributed by atoms with Gasteiger partial charge in [-0.05, 0) is 80.6 Å². The minimum Gasteiger partial charge on any atom is -0.352 e. The first kappa shape index (κ1) is 30.6. The molecule has 0 radical (unpaired) electrons. The largest absolute Gasteiger partial charge is 0.352 e. The third-order valence-electron chi connectivity index (χ3n) is 7.53. The Kier molecular flexibility index (Phi) is 10.1. The van der Waals surface area contributed by atoms with Crippen molar-refractivity contribution in [2.75, 3.05) is 10.8 Å².